The number of benzene rings is 6. The Morgan fingerprint density at radius 1 is 0.489 bits per heavy atom. The summed E-state index contributed by atoms with van der Waals surface area (Å²) in [6.45, 7) is 20.1. The van der Waals surface area contributed by atoms with Crippen LogP contribution in [0.1, 0.15) is 120 Å². The number of nitrogen functional groups attached to an aromatic ring is 1. The van der Waals surface area contributed by atoms with E-state index >= 15 is 0 Å². The fraction of sp³-hybridized carbons (Fsp3) is 0.562. The van der Waals surface area contributed by atoms with E-state index in [9.17, 15) is 59.5 Å². The number of carbonyl (C=O) groups is 3. The molecule has 1 aromatic heterocycles. The molecule has 7 aliphatic heterocycles. The summed E-state index contributed by atoms with van der Waals surface area (Å²) in [5.74, 6) is -0.990. The number of methoxy groups -OCH3 is 1. The second-order valence-electron chi connectivity index (χ2n) is 35.9. The maximum Gasteiger partial charge on any atom is 0.367 e. The number of anilines is 1. The molecule has 6 fully saturated rings. The van der Waals surface area contributed by atoms with Gasteiger partial charge in [0.05, 0.1) is 140 Å². The number of thiazole rings is 1. The van der Waals surface area contributed by atoms with E-state index in [2.05, 4.69) is 4.98 Å². The first-order valence-corrected chi connectivity index (χ1v) is 52.9. The SMILES string of the molecule is CC(C)CN(C[C@@H](O)[C@@H](CC(=O)O[C@H]1CO[C@H]2OCC[C@H]21)Cc1ccccc1)S(=O)(=O)c1ccc(N)cc1.CCOP(=O)(COc1ccc(C[C@H](CC(=O)O[C@H]2CO[C@H]3OCC[C@H]32)[C@H](O)CN(CC(C)C)S(=O)(=O)c2ccc(OC)cc2)cc1)OCC.Cc1ncc(COc2ccc(C[C@H](CC(=O)O[C@H]3CO[C@H]4OCC[C@H]43)[C@H](O)CN(CC(C)C)S(=O)(=O)c3ccc4c(c3)OCO4)cc2)s1. The number of aliphatic hydroxyl groups excluding tert-OH is 3. The minimum absolute atomic E-state index is 0.0167. The van der Waals surface area contributed by atoms with E-state index in [0.29, 0.717) is 73.7 Å². The number of aryl methyl sites for hydroxylation is 1. The second-order valence-corrected chi connectivity index (χ2v) is 45.0. The monoisotopic (exact) mass is 1980 g/mol. The van der Waals surface area contributed by atoms with Crippen molar-refractivity contribution in [1.29, 1.82) is 0 Å². The molecule has 742 valence electrons. The number of rotatable bonds is 47. The highest BCUT2D eigenvalue weighted by Crippen LogP contribution is 2.48. The summed E-state index contributed by atoms with van der Waals surface area (Å²) in [5, 5.41) is 35.7. The Morgan fingerprint density at radius 3 is 1.26 bits per heavy atom. The van der Waals surface area contributed by atoms with Crippen LogP contribution in [0.15, 0.2) is 166 Å². The smallest absolute Gasteiger partial charge is 0.367 e. The van der Waals surface area contributed by atoms with Gasteiger partial charge in [-0.15, -0.1) is 11.3 Å². The van der Waals surface area contributed by atoms with Crippen LogP contribution in [0.2, 0.25) is 0 Å². The quantitative estimate of drug-likeness (QED) is 0.0119. The van der Waals surface area contributed by atoms with Crippen LogP contribution in [0.25, 0.3) is 0 Å². The van der Waals surface area contributed by atoms with E-state index < -0.39 is 104 Å². The summed E-state index contributed by atoms with van der Waals surface area (Å²) in [5.41, 5.74) is 8.77. The van der Waals surface area contributed by atoms with E-state index in [1.165, 1.54) is 68.6 Å². The summed E-state index contributed by atoms with van der Waals surface area (Å²) >= 11 is 1.58. The van der Waals surface area contributed by atoms with Gasteiger partial charge < -0.3 is 96.4 Å². The van der Waals surface area contributed by atoms with E-state index in [4.69, 9.17) is 81.1 Å². The molecule has 135 heavy (non-hydrogen) atoms. The zero-order valence-electron chi connectivity index (χ0n) is 78.1. The number of hydrogen-bond acceptors (Lipinski definition) is 32. The minimum atomic E-state index is -4.04. The molecule has 0 bridgehead atoms. The molecule has 34 nitrogen and oxygen atoms in total. The molecule has 6 aromatic carbocycles. The van der Waals surface area contributed by atoms with Crippen molar-refractivity contribution in [3.8, 4) is 28.7 Å². The van der Waals surface area contributed by atoms with Crippen LogP contribution in [0.3, 0.4) is 0 Å². The largest absolute Gasteiger partial charge is 0.497 e. The highest BCUT2D eigenvalue weighted by molar-refractivity contribution is 7.89. The van der Waals surface area contributed by atoms with E-state index in [0.717, 1.165) is 45.8 Å². The number of nitrogens with two attached hydrogens (primary N) is 1. The number of aromatic nitrogens is 1. The zero-order valence-corrected chi connectivity index (χ0v) is 82.3. The van der Waals surface area contributed by atoms with Crippen LogP contribution < -0.4 is 29.4 Å². The molecular formula is C96H130N5O29PS4. The fourth-order valence-corrected chi connectivity index (χ4v) is 24.1. The van der Waals surface area contributed by atoms with Gasteiger partial charge in [-0.1, -0.05) is 96.1 Å². The summed E-state index contributed by atoms with van der Waals surface area (Å²) in [4.78, 5) is 45.2. The molecular weight excluding hydrogens is 1850 g/mol. The molecule has 0 amide bonds. The van der Waals surface area contributed by atoms with Crippen LogP contribution in [-0.2, 0) is 127 Å². The minimum Gasteiger partial charge on any atom is -0.497 e. The van der Waals surface area contributed by atoms with Gasteiger partial charge >= 0.3 is 25.5 Å². The van der Waals surface area contributed by atoms with Gasteiger partial charge in [0, 0.05) is 75.0 Å². The van der Waals surface area contributed by atoms with Gasteiger partial charge in [-0.25, -0.2) is 30.2 Å². The van der Waals surface area contributed by atoms with Gasteiger partial charge in [-0.3, -0.25) is 18.9 Å². The third-order valence-electron chi connectivity index (χ3n) is 24.1. The maximum atomic E-state index is 13.9. The Morgan fingerprint density at radius 2 is 0.867 bits per heavy atom. The predicted molar refractivity (Wildman–Crippen MR) is 499 cm³/mol. The van der Waals surface area contributed by atoms with Crippen molar-refractivity contribution in [3.63, 3.8) is 0 Å². The Kier molecular flexibility index (Phi) is 38.7. The number of hydrogen-bond donors (Lipinski definition) is 4. The predicted octanol–water partition coefficient (Wildman–Crippen LogP) is 12.0. The lowest BCUT2D eigenvalue weighted by molar-refractivity contribution is -0.153. The first-order chi connectivity index (χ1) is 64.5. The molecule has 15 atom stereocenters. The summed E-state index contributed by atoms with van der Waals surface area (Å²) in [6.07, 6.45) is -1.46. The molecule has 39 heteroatoms. The first kappa shape index (κ1) is 106. The number of carbonyl (C=O) groups excluding carboxylic acids is 3. The van der Waals surface area contributed by atoms with Crippen molar-refractivity contribution in [2.45, 2.75) is 197 Å². The van der Waals surface area contributed by atoms with Crippen LogP contribution in [0, 0.1) is 60.2 Å². The molecule has 7 aromatic rings. The van der Waals surface area contributed by atoms with Crippen molar-refractivity contribution >= 4 is 72.6 Å². The molecule has 0 aliphatic carbocycles. The molecule has 0 saturated carbocycles. The highest BCUT2D eigenvalue weighted by atomic mass is 32.2. The number of sulfonamides is 3. The molecule has 6 saturated heterocycles. The van der Waals surface area contributed by atoms with E-state index in [1.54, 1.807) is 73.8 Å². The fourth-order valence-electron chi connectivity index (χ4n) is 17.2. The van der Waals surface area contributed by atoms with Gasteiger partial charge in [0.2, 0.25) is 36.9 Å². The first-order valence-electron chi connectivity index (χ1n) is 46.0. The van der Waals surface area contributed by atoms with Crippen molar-refractivity contribution in [2.24, 2.45) is 53.3 Å². The summed E-state index contributed by atoms with van der Waals surface area (Å²) < 4.78 is 188. The van der Waals surface area contributed by atoms with Gasteiger partial charge in [0.15, 0.2) is 36.7 Å². The molecule has 8 heterocycles. The molecule has 14 rings (SSSR count). The van der Waals surface area contributed by atoms with Gasteiger partial charge in [-0.05, 0) is 179 Å². The van der Waals surface area contributed by atoms with Crippen molar-refractivity contribution < 1.29 is 135 Å². The van der Waals surface area contributed by atoms with Crippen LogP contribution in [-0.4, -0.2) is 244 Å². The Bertz CT molecular complexity index is 5330. The Labute approximate surface area is 795 Å². The number of ether oxygens (including phenoxy) is 14. The molecule has 7 aliphatic rings. The average Bonchev–Trinajstić information content (AvgIpc) is 1.70. The van der Waals surface area contributed by atoms with Crippen molar-refractivity contribution in [3.05, 3.63) is 178 Å². The number of aliphatic hydroxyl groups is 3. The van der Waals surface area contributed by atoms with E-state index in [-0.39, 0.29) is 186 Å². The van der Waals surface area contributed by atoms with Gasteiger partial charge in [0.1, 0.15) is 42.2 Å². The third kappa shape index (κ3) is 29.9. The summed E-state index contributed by atoms with van der Waals surface area (Å²) in [7, 11) is -13.9. The van der Waals surface area contributed by atoms with Crippen LogP contribution in [0.4, 0.5) is 5.69 Å². The summed E-state index contributed by atoms with van der Waals surface area (Å²) in [6, 6.07) is 40.5. The Hall–Kier alpha value is -8.32. The average molecular weight is 1980 g/mol. The number of fused-ring (bicyclic) bond motifs is 4. The second kappa shape index (κ2) is 49.5. The standard InChI is InChI=1S/C34H42N2O10S2.C34H50NO12PS.C28H38N2O7S/c1-21(2)16-36(48(39,40)27-8-9-30-31(14-27)45-20-44-30)17-29(37)24(13-33(38)46-32-19-43-34-28(32)10-11-41-34)12-23-4-6-25(7-5-23)42-18-26-15-35-22(3)47-26;1-6-45-48(38,46-7-2)23-44-28-10-8-25(9-11-28)18-26(19-33(37)47-32-22-43-34-30(32)16-17-42-34)31(36)21-35(20-24(3)4)49(39,40)29-14-12-27(41-5)13-15-29;1-19(2)16-30(38(33,34)23-10-8-22(29)9-11-23)17-25(31)21(14-20-6-4-3-5-7-20)15-27(32)37-26-18-36-28-24(26)12-13-35-28/h4-9,14-15,21,24,28-29,32,34,37H,10-13,16-20H2,1-3H3;8-15,24,26,30-32,34,36H,6-7,16-23H2,1-5H3;3-11,19,21,24-26,28,31H,12-18,29H2,1-2H3/t24-,28+,29-,32+,34-;26-,30+,31-,32+,34-;21-,24+,25-,26+,28-/m111/s1. The maximum absolute atomic E-state index is 13.9. The molecule has 5 N–H and O–H groups in total. The third-order valence-corrected chi connectivity index (χ3v) is 32.2. The molecule has 0 unspecified atom stereocenters. The molecule has 0 radical (unpaired) electrons. The normalized spacial score (nSPS) is 21.6. The Balaban J connectivity index is 0.000000184. The van der Waals surface area contributed by atoms with Gasteiger partial charge in [0.25, 0.3) is 0 Å². The lowest BCUT2D eigenvalue weighted by atomic mass is 9.90. The zero-order chi connectivity index (χ0) is 96.7. The lowest BCUT2D eigenvalue weighted by Crippen LogP contribution is -2.43. The highest BCUT2D eigenvalue weighted by Gasteiger charge is 2.48. The lowest BCUT2D eigenvalue weighted by Gasteiger charge is -2.30. The van der Waals surface area contributed by atoms with Crippen molar-refractivity contribution in [1.82, 2.24) is 17.9 Å². The van der Waals surface area contributed by atoms with E-state index in [1.807, 2.05) is 103 Å². The van der Waals surface area contributed by atoms with Gasteiger partial charge in [-0.2, -0.15) is 12.9 Å². The van der Waals surface area contributed by atoms with Crippen LogP contribution in [0.5, 0.6) is 28.7 Å². The topological polar surface area (TPSA) is 428 Å². The van der Waals surface area contributed by atoms with Crippen LogP contribution >= 0.6 is 18.9 Å². The molecule has 0 spiro atoms. The number of nitrogens with zero attached hydrogens (tertiary/aromatic N) is 4. The number of esters is 3. The van der Waals surface area contributed by atoms with Crippen molar-refractivity contribution in [2.75, 3.05) is 118 Å².